The molecule has 1 aromatic heterocycles. The predicted octanol–water partition coefficient (Wildman–Crippen LogP) is 5.44. The Kier molecular flexibility index (Phi) is 4.20. The predicted molar refractivity (Wildman–Crippen MR) is 88.2 cm³/mol. The van der Waals surface area contributed by atoms with Gasteiger partial charge in [-0.15, -0.1) is 0 Å². The third kappa shape index (κ3) is 2.80. The van der Waals surface area contributed by atoms with Crippen molar-refractivity contribution in [1.82, 2.24) is 5.32 Å². The van der Waals surface area contributed by atoms with E-state index in [0.717, 1.165) is 28.6 Å². The number of hydrogen-bond acceptors (Lipinski definition) is 2. The van der Waals surface area contributed by atoms with E-state index in [9.17, 15) is 0 Å². The maximum atomic E-state index is 6.15. The van der Waals surface area contributed by atoms with E-state index in [-0.39, 0.29) is 6.04 Å². The molecule has 3 rings (SSSR count). The van der Waals surface area contributed by atoms with Crippen LogP contribution in [0.1, 0.15) is 24.1 Å². The van der Waals surface area contributed by atoms with Crippen LogP contribution < -0.4 is 5.32 Å². The van der Waals surface area contributed by atoms with Crippen LogP contribution >= 0.6 is 23.2 Å². The van der Waals surface area contributed by atoms with E-state index in [1.54, 1.807) is 6.26 Å². The molecule has 0 saturated heterocycles. The van der Waals surface area contributed by atoms with Gasteiger partial charge in [-0.05, 0) is 30.3 Å². The SMILES string of the molecule is CCNC(c1ccc(Cl)c(Cl)c1)c1coc2ccccc12. The van der Waals surface area contributed by atoms with Crippen LogP contribution in [0.3, 0.4) is 0 Å². The Balaban J connectivity index is 2.11. The lowest BCUT2D eigenvalue weighted by atomic mass is 9.98. The zero-order valence-electron chi connectivity index (χ0n) is 11.6. The van der Waals surface area contributed by atoms with Crippen molar-refractivity contribution in [3.05, 3.63) is 69.9 Å². The fourth-order valence-electron chi connectivity index (χ4n) is 2.53. The summed E-state index contributed by atoms with van der Waals surface area (Å²) in [5.74, 6) is 0. The minimum Gasteiger partial charge on any atom is -0.464 e. The van der Waals surface area contributed by atoms with Gasteiger partial charge >= 0.3 is 0 Å². The summed E-state index contributed by atoms with van der Waals surface area (Å²) >= 11 is 12.2. The first kappa shape index (κ1) is 14.5. The second kappa shape index (κ2) is 6.10. The summed E-state index contributed by atoms with van der Waals surface area (Å²) in [6.07, 6.45) is 1.81. The summed E-state index contributed by atoms with van der Waals surface area (Å²) in [5, 5.41) is 5.71. The Labute approximate surface area is 133 Å². The fourth-order valence-corrected chi connectivity index (χ4v) is 2.83. The molecule has 21 heavy (non-hydrogen) atoms. The zero-order valence-corrected chi connectivity index (χ0v) is 13.1. The van der Waals surface area contributed by atoms with Crippen molar-refractivity contribution < 1.29 is 4.42 Å². The van der Waals surface area contributed by atoms with Gasteiger partial charge < -0.3 is 9.73 Å². The monoisotopic (exact) mass is 319 g/mol. The van der Waals surface area contributed by atoms with Crippen LogP contribution in [-0.2, 0) is 0 Å². The summed E-state index contributed by atoms with van der Waals surface area (Å²) < 4.78 is 5.65. The maximum Gasteiger partial charge on any atom is 0.134 e. The first-order chi connectivity index (χ1) is 10.2. The Morgan fingerprint density at radius 3 is 2.67 bits per heavy atom. The van der Waals surface area contributed by atoms with E-state index in [1.165, 1.54) is 0 Å². The average Bonchev–Trinajstić information content (AvgIpc) is 2.92. The molecule has 108 valence electrons. The van der Waals surface area contributed by atoms with Gasteiger partial charge in [0, 0.05) is 10.9 Å². The standard InChI is InChI=1S/C17H15Cl2NO/c1-2-20-17(11-7-8-14(18)15(19)9-11)13-10-21-16-6-4-3-5-12(13)16/h3-10,17,20H,2H2,1H3. The number of para-hydroxylation sites is 1. The van der Waals surface area contributed by atoms with Crippen LogP contribution in [-0.4, -0.2) is 6.54 Å². The van der Waals surface area contributed by atoms with Crippen molar-refractivity contribution >= 4 is 34.2 Å². The first-order valence-corrected chi connectivity index (χ1v) is 7.60. The highest BCUT2D eigenvalue weighted by molar-refractivity contribution is 6.42. The largest absolute Gasteiger partial charge is 0.464 e. The van der Waals surface area contributed by atoms with E-state index in [4.69, 9.17) is 27.6 Å². The lowest BCUT2D eigenvalue weighted by Crippen LogP contribution is -2.21. The third-order valence-electron chi connectivity index (χ3n) is 3.51. The summed E-state index contributed by atoms with van der Waals surface area (Å²) in [4.78, 5) is 0. The van der Waals surface area contributed by atoms with E-state index < -0.39 is 0 Å². The van der Waals surface area contributed by atoms with Crippen LogP contribution in [0.15, 0.2) is 53.1 Å². The minimum atomic E-state index is 0.0217. The summed E-state index contributed by atoms with van der Waals surface area (Å²) in [6.45, 7) is 2.91. The quantitative estimate of drug-likeness (QED) is 0.692. The van der Waals surface area contributed by atoms with Gasteiger partial charge in [-0.1, -0.05) is 54.4 Å². The van der Waals surface area contributed by atoms with Gasteiger partial charge in [0.2, 0.25) is 0 Å². The molecule has 0 fully saturated rings. The van der Waals surface area contributed by atoms with Gasteiger partial charge in [0.1, 0.15) is 5.58 Å². The number of furan rings is 1. The van der Waals surface area contributed by atoms with Gasteiger partial charge in [0.15, 0.2) is 0 Å². The lowest BCUT2D eigenvalue weighted by Gasteiger charge is -2.18. The normalized spacial score (nSPS) is 12.7. The number of hydrogen-bond donors (Lipinski definition) is 1. The van der Waals surface area contributed by atoms with Crippen LogP contribution in [0.25, 0.3) is 11.0 Å². The number of rotatable bonds is 4. The molecule has 3 aromatic rings. The van der Waals surface area contributed by atoms with Crippen LogP contribution in [0.2, 0.25) is 10.0 Å². The molecule has 4 heteroatoms. The van der Waals surface area contributed by atoms with Gasteiger partial charge in [0.05, 0.1) is 22.4 Å². The van der Waals surface area contributed by atoms with Crippen molar-refractivity contribution in [3.63, 3.8) is 0 Å². The zero-order chi connectivity index (χ0) is 14.8. The number of fused-ring (bicyclic) bond motifs is 1. The number of halogens is 2. The van der Waals surface area contributed by atoms with Crippen molar-refractivity contribution in [3.8, 4) is 0 Å². The molecule has 0 radical (unpaired) electrons. The van der Waals surface area contributed by atoms with E-state index >= 15 is 0 Å². The van der Waals surface area contributed by atoms with E-state index in [0.29, 0.717) is 10.0 Å². The lowest BCUT2D eigenvalue weighted by molar-refractivity contribution is 0.584. The van der Waals surface area contributed by atoms with Gasteiger partial charge in [-0.25, -0.2) is 0 Å². The molecule has 0 aliphatic carbocycles. The van der Waals surface area contributed by atoms with E-state index in [1.807, 2.05) is 36.4 Å². The second-order valence-electron chi connectivity index (χ2n) is 4.85. The Hall–Kier alpha value is -1.48. The van der Waals surface area contributed by atoms with Crippen molar-refractivity contribution in [2.24, 2.45) is 0 Å². The molecule has 0 spiro atoms. The topological polar surface area (TPSA) is 25.2 Å². The molecule has 1 N–H and O–H groups in total. The van der Waals surface area contributed by atoms with Crippen LogP contribution in [0, 0.1) is 0 Å². The Morgan fingerprint density at radius 1 is 1.10 bits per heavy atom. The van der Waals surface area contributed by atoms with Gasteiger partial charge in [-0.3, -0.25) is 0 Å². The summed E-state index contributed by atoms with van der Waals surface area (Å²) in [7, 11) is 0. The number of benzene rings is 2. The van der Waals surface area contributed by atoms with Crippen LogP contribution in [0.5, 0.6) is 0 Å². The Bertz CT molecular complexity index is 766. The molecular formula is C17H15Cl2NO. The second-order valence-corrected chi connectivity index (χ2v) is 5.67. The highest BCUT2D eigenvalue weighted by atomic mass is 35.5. The van der Waals surface area contributed by atoms with Crippen molar-refractivity contribution in [2.45, 2.75) is 13.0 Å². The molecule has 0 amide bonds. The van der Waals surface area contributed by atoms with Crippen molar-refractivity contribution in [1.29, 1.82) is 0 Å². The molecule has 0 aliphatic heterocycles. The molecule has 2 nitrogen and oxygen atoms in total. The smallest absolute Gasteiger partial charge is 0.134 e. The molecule has 1 unspecified atom stereocenters. The Morgan fingerprint density at radius 2 is 1.90 bits per heavy atom. The average molecular weight is 320 g/mol. The first-order valence-electron chi connectivity index (χ1n) is 6.85. The van der Waals surface area contributed by atoms with Crippen LogP contribution in [0.4, 0.5) is 0 Å². The third-order valence-corrected chi connectivity index (χ3v) is 4.25. The summed E-state index contributed by atoms with van der Waals surface area (Å²) in [5.41, 5.74) is 3.05. The van der Waals surface area contributed by atoms with Gasteiger partial charge in [-0.2, -0.15) is 0 Å². The molecule has 0 aliphatic rings. The highest BCUT2D eigenvalue weighted by Gasteiger charge is 2.18. The molecular weight excluding hydrogens is 305 g/mol. The molecule has 1 atom stereocenters. The van der Waals surface area contributed by atoms with Crippen molar-refractivity contribution in [2.75, 3.05) is 6.54 Å². The summed E-state index contributed by atoms with van der Waals surface area (Å²) in [6, 6.07) is 13.8. The number of nitrogens with one attached hydrogen (secondary N) is 1. The molecule has 0 bridgehead atoms. The minimum absolute atomic E-state index is 0.0217. The molecule has 0 saturated carbocycles. The fraction of sp³-hybridized carbons (Fsp3) is 0.176. The highest BCUT2D eigenvalue weighted by Crippen LogP contribution is 2.33. The van der Waals surface area contributed by atoms with E-state index in [2.05, 4.69) is 18.3 Å². The molecule has 1 heterocycles. The van der Waals surface area contributed by atoms with Gasteiger partial charge in [0.25, 0.3) is 0 Å². The maximum absolute atomic E-state index is 6.15. The molecule has 2 aromatic carbocycles.